The van der Waals surface area contributed by atoms with Gasteiger partial charge < -0.3 is 4.74 Å². The first-order valence-electron chi connectivity index (χ1n) is 5.08. The maximum Gasteiger partial charge on any atom is 0.332 e. The van der Waals surface area contributed by atoms with Crippen molar-refractivity contribution in [3.05, 3.63) is 57.2 Å². The van der Waals surface area contributed by atoms with Gasteiger partial charge in [0.2, 0.25) is 0 Å². The first kappa shape index (κ1) is 12.8. The first-order valence-corrected chi connectivity index (χ1v) is 5.46. The Balaban J connectivity index is 2.32. The fourth-order valence-electron chi connectivity index (χ4n) is 1.33. The molecule has 6 nitrogen and oxygen atoms in total. The van der Waals surface area contributed by atoms with Crippen molar-refractivity contribution < 1.29 is 9.66 Å². The van der Waals surface area contributed by atoms with Crippen LogP contribution in [0, 0.1) is 21.4 Å². The number of nitrogens with zero attached hydrogens (tertiary/aromatic N) is 3. The second-order valence-corrected chi connectivity index (χ2v) is 3.91. The van der Waals surface area contributed by atoms with E-state index in [2.05, 4.69) is 4.98 Å². The molecule has 0 amide bonds. The molecule has 0 aliphatic heterocycles. The van der Waals surface area contributed by atoms with Gasteiger partial charge >= 0.3 is 5.69 Å². The summed E-state index contributed by atoms with van der Waals surface area (Å²) in [6.45, 7) is 0. The fourth-order valence-corrected chi connectivity index (χ4v) is 1.49. The zero-order valence-corrected chi connectivity index (χ0v) is 10.2. The lowest BCUT2D eigenvalue weighted by Crippen LogP contribution is -1.96. The van der Waals surface area contributed by atoms with E-state index in [1.165, 1.54) is 30.5 Å². The van der Waals surface area contributed by atoms with Crippen LogP contribution >= 0.6 is 11.6 Å². The van der Waals surface area contributed by atoms with Crippen LogP contribution in [0.5, 0.6) is 11.6 Å². The van der Waals surface area contributed by atoms with Gasteiger partial charge in [0.15, 0.2) is 0 Å². The summed E-state index contributed by atoms with van der Waals surface area (Å²) in [6.07, 6.45) is 1.26. The van der Waals surface area contributed by atoms with E-state index in [0.29, 0.717) is 11.3 Å². The molecule has 1 aromatic heterocycles. The molecule has 1 aromatic carbocycles. The van der Waals surface area contributed by atoms with E-state index >= 15 is 0 Å². The van der Waals surface area contributed by atoms with E-state index in [1.54, 1.807) is 0 Å². The summed E-state index contributed by atoms with van der Waals surface area (Å²) in [4.78, 5) is 14.0. The lowest BCUT2D eigenvalue weighted by molar-refractivity contribution is -0.386. The molecule has 0 aliphatic carbocycles. The predicted molar refractivity (Wildman–Crippen MR) is 67.1 cm³/mol. The molecule has 1 heterocycles. The molecule has 0 aliphatic rings. The van der Waals surface area contributed by atoms with Gasteiger partial charge in [0.05, 0.1) is 27.8 Å². The predicted octanol–water partition coefficient (Wildman–Crippen LogP) is 3.31. The first-order chi connectivity index (χ1) is 9.10. The van der Waals surface area contributed by atoms with Crippen molar-refractivity contribution in [3.63, 3.8) is 0 Å². The SMILES string of the molecule is N#Cc1ccc(Oc2ncc(Cl)cc2[N+](=O)[O-])cc1. The molecule has 0 saturated heterocycles. The van der Waals surface area contributed by atoms with E-state index in [0.717, 1.165) is 6.07 Å². The summed E-state index contributed by atoms with van der Waals surface area (Å²) < 4.78 is 5.30. The highest BCUT2D eigenvalue weighted by molar-refractivity contribution is 6.30. The molecule has 7 heteroatoms. The summed E-state index contributed by atoms with van der Waals surface area (Å²) in [5.74, 6) is 0.191. The average Bonchev–Trinajstić information content (AvgIpc) is 2.41. The summed E-state index contributed by atoms with van der Waals surface area (Å²) in [6, 6.07) is 9.25. The normalized spacial score (nSPS) is 9.68. The number of hydrogen-bond acceptors (Lipinski definition) is 5. The average molecular weight is 276 g/mol. The van der Waals surface area contributed by atoms with Crippen LogP contribution in [-0.4, -0.2) is 9.91 Å². The Morgan fingerprint density at radius 3 is 2.63 bits per heavy atom. The number of benzene rings is 1. The third kappa shape index (κ3) is 2.97. The van der Waals surface area contributed by atoms with Crippen molar-refractivity contribution in [1.29, 1.82) is 5.26 Å². The molecule has 0 N–H and O–H groups in total. The maximum absolute atomic E-state index is 10.8. The quantitative estimate of drug-likeness (QED) is 0.633. The Hall–Kier alpha value is -2.65. The molecule has 0 saturated carbocycles. The fraction of sp³-hybridized carbons (Fsp3) is 0. The number of ether oxygens (including phenoxy) is 1. The molecule has 0 bridgehead atoms. The number of rotatable bonds is 3. The molecule has 94 valence electrons. The molecule has 0 atom stereocenters. The second-order valence-electron chi connectivity index (χ2n) is 3.47. The van der Waals surface area contributed by atoms with Gasteiger partial charge in [0.1, 0.15) is 5.75 Å². The summed E-state index contributed by atoms with van der Waals surface area (Å²) >= 11 is 5.64. The summed E-state index contributed by atoms with van der Waals surface area (Å²) in [5.41, 5.74) is 0.141. The Kier molecular flexibility index (Phi) is 3.59. The van der Waals surface area contributed by atoms with Crippen LogP contribution in [0.2, 0.25) is 5.02 Å². The highest BCUT2D eigenvalue weighted by Crippen LogP contribution is 2.30. The van der Waals surface area contributed by atoms with E-state index in [4.69, 9.17) is 21.6 Å². The monoisotopic (exact) mass is 275 g/mol. The highest BCUT2D eigenvalue weighted by atomic mass is 35.5. The Morgan fingerprint density at radius 1 is 1.37 bits per heavy atom. The van der Waals surface area contributed by atoms with E-state index in [-0.39, 0.29) is 16.6 Å². The number of aromatic nitrogens is 1. The topological polar surface area (TPSA) is 89.0 Å². The standard InChI is InChI=1S/C12H6ClN3O3/c13-9-5-11(16(17)18)12(15-7-9)19-10-3-1-8(6-14)2-4-10/h1-5,7H. The van der Waals surface area contributed by atoms with Crippen molar-refractivity contribution in [1.82, 2.24) is 4.98 Å². The van der Waals surface area contributed by atoms with Crippen LogP contribution in [0.3, 0.4) is 0 Å². The van der Waals surface area contributed by atoms with Gasteiger partial charge in [-0.25, -0.2) is 4.98 Å². The number of pyridine rings is 1. The van der Waals surface area contributed by atoms with Crippen molar-refractivity contribution in [2.24, 2.45) is 0 Å². The second kappa shape index (κ2) is 5.33. The van der Waals surface area contributed by atoms with Crippen LogP contribution in [0.1, 0.15) is 5.56 Å². The molecule has 0 spiro atoms. The van der Waals surface area contributed by atoms with Crippen LogP contribution in [-0.2, 0) is 0 Å². The van der Waals surface area contributed by atoms with Gasteiger partial charge in [-0.05, 0) is 24.3 Å². The van der Waals surface area contributed by atoms with Crippen molar-refractivity contribution in [2.45, 2.75) is 0 Å². The molecule has 0 unspecified atom stereocenters. The third-order valence-corrected chi connectivity index (χ3v) is 2.40. The van der Waals surface area contributed by atoms with Crippen molar-refractivity contribution in [2.75, 3.05) is 0 Å². The smallest absolute Gasteiger partial charge is 0.332 e. The number of nitriles is 1. The minimum atomic E-state index is -0.627. The van der Waals surface area contributed by atoms with E-state index in [9.17, 15) is 10.1 Å². The molecule has 2 aromatic rings. The van der Waals surface area contributed by atoms with Gasteiger partial charge in [0, 0.05) is 6.07 Å². The van der Waals surface area contributed by atoms with Crippen molar-refractivity contribution >= 4 is 17.3 Å². The molecule has 2 rings (SSSR count). The molecule has 0 fully saturated rings. The lowest BCUT2D eigenvalue weighted by atomic mass is 10.2. The van der Waals surface area contributed by atoms with Crippen LogP contribution < -0.4 is 4.74 Å². The van der Waals surface area contributed by atoms with Gasteiger partial charge in [-0.15, -0.1) is 0 Å². The number of hydrogen-bond donors (Lipinski definition) is 0. The number of halogens is 1. The van der Waals surface area contributed by atoms with Crippen LogP contribution in [0.4, 0.5) is 5.69 Å². The van der Waals surface area contributed by atoms with Gasteiger partial charge in [-0.3, -0.25) is 10.1 Å². The molecular formula is C12H6ClN3O3. The van der Waals surface area contributed by atoms with Gasteiger partial charge in [0.25, 0.3) is 5.88 Å². The van der Waals surface area contributed by atoms with Gasteiger partial charge in [-0.1, -0.05) is 11.6 Å². The Morgan fingerprint density at radius 2 is 2.05 bits per heavy atom. The molecule has 0 radical (unpaired) electrons. The lowest BCUT2D eigenvalue weighted by Gasteiger charge is -2.05. The van der Waals surface area contributed by atoms with Crippen LogP contribution in [0.25, 0.3) is 0 Å². The summed E-state index contributed by atoms with van der Waals surface area (Å²) in [7, 11) is 0. The molecule has 19 heavy (non-hydrogen) atoms. The highest BCUT2D eigenvalue weighted by Gasteiger charge is 2.18. The minimum absolute atomic E-state index is 0.152. The third-order valence-electron chi connectivity index (χ3n) is 2.19. The van der Waals surface area contributed by atoms with E-state index < -0.39 is 4.92 Å². The van der Waals surface area contributed by atoms with Crippen LogP contribution in [0.15, 0.2) is 36.5 Å². The zero-order valence-electron chi connectivity index (χ0n) is 9.41. The number of nitro groups is 1. The molecular weight excluding hydrogens is 270 g/mol. The minimum Gasteiger partial charge on any atom is -0.434 e. The largest absolute Gasteiger partial charge is 0.434 e. The maximum atomic E-state index is 10.8. The Labute approximate surface area is 113 Å². The van der Waals surface area contributed by atoms with Gasteiger partial charge in [-0.2, -0.15) is 5.26 Å². The Bertz CT molecular complexity index is 665. The van der Waals surface area contributed by atoms with Crippen molar-refractivity contribution in [3.8, 4) is 17.7 Å². The zero-order chi connectivity index (χ0) is 13.8. The van der Waals surface area contributed by atoms with E-state index in [1.807, 2.05) is 6.07 Å². The summed E-state index contributed by atoms with van der Waals surface area (Å²) in [5, 5.41) is 19.7.